The minimum absolute atomic E-state index is 0.179. The summed E-state index contributed by atoms with van der Waals surface area (Å²) in [5, 5.41) is 0. The first-order valence-corrected chi connectivity index (χ1v) is 7.37. The Balaban J connectivity index is 4.05. The molecule has 0 saturated carbocycles. The molecule has 0 rings (SSSR count). The van der Waals surface area contributed by atoms with Crippen LogP contribution < -0.4 is 0 Å². The summed E-state index contributed by atoms with van der Waals surface area (Å²) in [5.74, 6) is 0.557. The molecule has 0 aliphatic carbocycles. The Hall–Kier alpha value is -0.850. The maximum Gasteiger partial charge on any atom is 0.135 e. The SMILES string of the molecule is CCC(C)=CCCC(=CCCC(=O)C(C)C)CC. The van der Waals surface area contributed by atoms with Gasteiger partial charge in [-0.05, 0) is 39.0 Å². The largest absolute Gasteiger partial charge is 0.299 e. The Bertz CT molecular complexity index is 295. The zero-order valence-electron chi connectivity index (χ0n) is 12.9. The summed E-state index contributed by atoms with van der Waals surface area (Å²) in [6, 6.07) is 0. The summed E-state index contributed by atoms with van der Waals surface area (Å²) < 4.78 is 0. The lowest BCUT2D eigenvalue weighted by Crippen LogP contribution is -2.05. The van der Waals surface area contributed by atoms with Gasteiger partial charge >= 0.3 is 0 Å². The fraction of sp³-hybridized carbons (Fsp3) is 0.706. The predicted molar refractivity (Wildman–Crippen MR) is 80.7 cm³/mol. The minimum Gasteiger partial charge on any atom is -0.299 e. The van der Waals surface area contributed by atoms with E-state index in [1.807, 2.05) is 13.8 Å². The molecule has 0 amide bonds. The first-order valence-electron chi connectivity index (χ1n) is 7.37. The van der Waals surface area contributed by atoms with Crippen LogP contribution in [0, 0.1) is 5.92 Å². The van der Waals surface area contributed by atoms with Crippen molar-refractivity contribution in [2.75, 3.05) is 0 Å². The highest BCUT2D eigenvalue weighted by Gasteiger charge is 2.05. The minimum atomic E-state index is 0.179. The number of Topliss-reactive ketones (excluding diaryl/α,β-unsaturated/α-hetero) is 1. The molecule has 0 radical (unpaired) electrons. The molecule has 0 aromatic rings. The molecule has 104 valence electrons. The van der Waals surface area contributed by atoms with Gasteiger partial charge in [-0.1, -0.05) is 51.0 Å². The lowest BCUT2D eigenvalue weighted by molar-refractivity contribution is -0.121. The van der Waals surface area contributed by atoms with E-state index in [1.54, 1.807) is 0 Å². The van der Waals surface area contributed by atoms with E-state index in [4.69, 9.17) is 0 Å². The van der Waals surface area contributed by atoms with E-state index in [-0.39, 0.29) is 5.92 Å². The summed E-state index contributed by atoms with van der Waals surface area (Å²) in [6.07, 6.45) is 10.8. The third kappa shape index (κ3) is 8.27. The molecule has 0 fully saturated rings. The van der Waals surface area contributed by atoms with Crippen LogP contribution >= 0.6 is 0 Å². The molecule has 0 aliphatic rings. The van der Waals surface area contributed by atoms with Crippen LogP contribution in [0.25, 0.3) is 0 Å². The van der Waals surface area contributed by atoms with Crippen LogP contribution in [0.5, 0.6) is 0 Å². The number of hydrogen-bond donors (Lipinski definition) is 0. The van der Waals surface area contributed by atoms with E-state index in [0.717, 1.165) is 32.1 Å². The molecule has 0 unspecified atom stereocenters. The molecule has 0 aromatic heterocycles. The molecular weight excluding hydrogens is 220 g/mol. The Labute approximate surface area is 113 Å². The number of carbonyl (C=O) groups is 1. The summed E-state index contributed by atoms with van der Waals surface area (Å²) in [4.78, 5) is 11.5. The van der Waals surface area contributed by atoms with Crippen molar-refractivity contribution in [3.8, 4) is 0 Å². The maximum atomic E-state index is 11.5. The van der Waals surface area contributed by atoms with Crippen molar-refractivity contribution in [1.82, 2.24) is 0 Å². The summed E-state index contributed by atoms with van der Waals surface area (Å²) in [7, 11) is 0. The van der Waals surface area contributed by atoms with Gasteiger partial charge < -0.3 is 0 Å². The molecule has 0 N–H and O–H groups in total. The third-order valence-corrected chi connectivity index (χ3v) is 3.44. The fourth-order valence-corrected chi connectivity index (χ4v) is 1.78. The van der Waals surface area contributed by atoms with Crippen LogP contribution in [0.1, 0.15) is 73.1 Å². The first kappa shape index (κ1) is 17.2. The maximum absolute atomic E-state index is 11.5. The molecule has 0 heterocycles. The Morgan fingerprint density at radius 2 is 1.61 bits per heavy atom. The summed E-state index contributed by atoms with van der Waals surface area (Å²) in [6.45, 7) is 10.5. The fourth-order valence-electron chi connectivity index (χ4n) is 1.78. The highest BCUT2D eigenvalue weighted by atomic mass is 16.1. The van der Waals surface area contributed by atoms with Gasteiger partial charge in [0.2, 0.25) is 0 Å². The number of hydrogen-bond acceptors (Lipinski definition) is 1. The van der Waals surface area contributed by atoms with Gasteiger partial charge in [0, 0.05) is 12.3 Å². The van der Waals surface area contributed by atoms with Crippen molar-refractivity contribution < 1.29 is 4.79 Å². The van der Waals surface area contributed by atoms with Crippen molar-refractivity contribution in [3.05, 3.63) is 23.3 Å². The highest BCUT2D eigenvalue weighted by molar-refractivity contribution is 5.80. The molecule has 0 aliphatic heterocycles. The molecule has 0 atom stereocenters. The van der Waals surface area contributed by atoms with Crippen molar-refractivity contribution >= 4 is 5.78 Å². The van der Waals surface area contributed by atoms with E-state index in [9.17, 15) is 4.79 Å². The predicted octanol–water partition coefficient (Wildman–Crippen LogP) is 5.46. The number of carbonyl (C=O) groups excluding carboxylic acids is 1. The number of ketones is 1. The molecule has 0 bridgehead atoms. The standard InChI is InChI=1S/C17H30O/c1-6-15(5)10-8-11-16(7-2)12-9-13-17(18)14(3)4/h10,12,14H,6-9,11,13H2,1-5H3. The lowest BCUT2D eigenvalue weighted by atomic mass is 10.0. The molecule has 0 spiro atoms. The number of allylic oxidation sites excluding steroid dienone is 4. The first-order chi connectivity index (χ1) is 8.51. The van der Waals surface area contributed by atoms with E-state index in [0.29, 0.717) is 12.2 Å². The van der Waals surface area contributed by atoms with Gasteiger partial charge in [0.1, 0.15) is 5.78 Å². The number of rotatable bonds is 9. The van der Waals surface area contributed by atoms with E-state index in [1.165, 1.54) is 11.1 Å². The Morgan fingerprint density at radius 1 is 1.00 bits per heavy atom. The van der Waals surface area contributed by atoms with Gasteiger partial charge in [-0.15, -0.1) is 0 Å². The molecule has 1 heteroatoms. The third-order valence-electron chi connectivity index (χ3n) is 3.44. The van der Waals surface area contributed by atoms with Gasteiger partial charge in [0.05, 0.1) is 0 Å². The van der Waals surface area contributed by atoms with Crippen molar-refractivity contribution in [2.45, 2.75) is 73.1 Å². The van der Waals surface area contributed by atoms with Crippen molar-refractivity contribution in [3.63, 3.8) is 0 Å². The quantitative estimate of drug-likeness (QED) is 0.496. The smallest absolute Gasteiger partial charge is 0.135 e. The second kappa shape index (κ2) is 10.1. The van der Waals surface area contributed by atoms with Crippen LogP contribution in [-0.2, 0) is 4.79 Å². The Kier molecular flexibility index (Phi) is 9.63. The van der Waals surface area contributed by atoms with E-state index < -0.39 is 0 Å². The van der Waals surface area contributed by atoms with Gasteiger partial charge in [0.25, 0.3) is 0 Å². The topological polar surface area (TPSA) is 17.1 Å². The van der Waals surface area contributed by atoms with Gasteiger partial charge in [-0.2, -0.15) is 0 Å². The molecular formula is C17H30O. The second-order valence-electron chi connectivity index (χ2n) is 5.32. The van der Waals surface area contributed by atoms with E-state index in [2.05, 4.69) is 32.9 Å². The zero-order valence-corrected chi connectivity index (χ0v) is 12.9. The molecule has 18 heavy (non-hydrogen) atoms. The summed E-state index contributed by atoms with van der Waals surface area (Å²) >= 11 is 0. The average Bonchev–Trinajstić information content (AvgIpc) is 2.36. The Morgan fingerprint density at radius 3 is 2.11 bits per heavy atom. The van der Waals surface area contributed by atoms with Gasteiger partial charge in [-0.3, -0.25) is 4.79 Å². The molecule has 1 nitrogen and oxygen atoms in total. The molecule has 0 aromatic carbocycles. The monoisotopic (exact) mass is 250 g/mol. The van der Waals surface area contributed by atoms with Gasteiger partial charge in [-0.25, -0.2) is 0 Å². The van der Waals surface area contributed by atoms with Crippen LogP contribution in [0.2, 0.25) is 0 Å². The molecule has 0 saturated heterocycles. The van der Waals surface area contributed by atoms with Crippen LogP contribution in [0.15, 0.2) is 23.3 Å². The van der Waals surface area contributed by atoms with Gasteiger partial charge in [0.15, 0.2) is 0 Å². The van der Waals surface area contributed by atoms with E-state index >= 15 is 0 Å². The van der Waals surface area contributed by atoms with Crippen molar-refractivity contribution in [2.24, 2.45) is 5.92 Å². The zero-order chi connectivity index (χ0) is 14.0. The average molecular weight is 250 g/mol. The highest BCUT2D eigenvalue weighted by Crippen LogP contribution is 2.14. The van der Waals surface area contributed by atoms with Crippen LogP contribution in [-0.4, -0.2) is 5.78 Å². The van der Waals surface area contributed by atoms with Crippen LogP contribution in [0.3, 0.4) is 0 Å². The lowest BCUT2D eigenvalue weighted by Gasteiger charge is -2.05. The van der Waals surface area contributed by atoms with Crippen molar-refractivity contribution in [1.29, 1.82) is 0 Å². The normalized spacial score (nSPS) is 13.2. The van der Waals surface area contributed by atoms with Crippen LogP contribution in [0.4, 0.5) is 0 Å². The second-order valence-corrected chi connectivity index (χ2v) is 5.32. The summed E-state index contributed by atoms with van der Waals surface area (Å²) in [5.41, 5.74) is 2.96.